The number of ether oxygens (including phenoxy) is 1. The third-order valence-corrected chi connectivity index (χ3v) is 4.77. The van der Waals surface area contributed by atoms with Crippen molar-refractivity contribution in [1.82, 2.24) is 9.88 Å². The Hall–Kier alpha value is -3.16. The van der Waals surface area contributed by atoms with E-state index in [1.807, 2.05) is 43.0 Å². The van der Waals surface area contributed by atoms with Gasteiger partial charge in [0.15, 0.2) is 0 Å². The molecule has 0 N–H and O–H groups in total. The van der Waals surface area contributed by atoms with Crippen LogP contribution < -0.4 is 9.64 Å². The molecule has 8 nitrogen and oxygen atoms in total. The summed E-state index contributed by atoms with van der Waals surface area (Å²) in [5.41, 5.74) is 1.72. The van der Waals surface area contributed by atoms with E-state index in [4.69, 9.17) is 4.74 Å². The van der Waals surface area contributed by atoms with E-state index in [-0.39, 0.29) is 11.6 Å². The number of aromatic nitrogens is 1. The molecule has 1 saturated heterocycles. The minimum Gasteiger partial charge on any atom is -0.494 e. The van der Waals surface area contributed by atoms with E-state index in [0.717, 1.165) is 22.7 Å². The molecule has 0 saturated carbocycles. The molecule has 0 atom stereocenters. The maximum Gasteiger partial charge on any atom is 0.287 e. The molecule has 0 radical (unpaired) electrons. The summed E-state index contributed by atoms with van der Waals surface area (Å²) < 4.78 is 5.42. The van der Waals surface area contributed by atoms with Crippen LogP contribution in [0.2, 0.25) is 0 Å². The van der Waals surface area contributed by atoms with Gasteiger partial charge in [-0.15, -0.1) is 0 Å². The second-order valence-electron chi connectivity index (χ2n) is 6.71. The van der Waals surface area contributed by atoms with Gasteiger partial charge in [0.25, 0.3) is 5.69 Å². The Morgan fingerprint density at radius 2 is 1.89 bits per heavy atom. The molecule has 1 aromatic heterocycles. The number of amides is 1. The van der Waals surface area contributed by atoms with Gasteiger partial charge in [-0.2, -0.15) is 0 Å². The minimum atomic E-state index is -0.443. The molecule has 148 valence electrons. The van der Waals surface area contributed by atoms with Gasteiger partial charge in [-0.1, -0.05) is 12.1 Å². The highest BCUT2D eigenvalue weighted by molar-refractivity contribution is 5.79. The highest BCUT2D eigenvalue weighted by Gasteiger charge is 2.23. The molecule has 8 heteroatoms. The summed E-state index contributed by atoms with van der Waals surface area (Å²) in [6, 6.07) is 9.14. The molecule has 3 rings (SSSR count). The summed E-state index contributed by atoms with van der Waals surface area (Å²) in [5, 5.41) is 10.9. The number of nitrogens with zero attached hydrogens (tertiary/aromatic N) is 4. The predicted octanol–water partition coefficient (Wildman–Crippen LogP) is 2.59. The van der Waals surface area contributed by atoms with Crippen LogP contribution in [0.15, 0.2) is 36.5 Å². The third kappa shape index (κ3) is 4.57. The van der Waals surface area contributed by atoms with E-state index < -0.39 is 4.92 Å². The topological polar surface area (TPSA) is 88.8 Å². The summed E-state index contributed by atoms with van der Waals surface area (Å²) >= 11 is 0. The molecule has 1 aromatic carbocycles. The average Bonchev–Trinajstić information content (AvgIpc) is 2.69. The van der Waals surface area contributed by atoms with E-state index in [2.05, 4.69) is 9.88 Å². The molecule has 2 aromatic rings. The molecule has 1 amide bonds. The fourth-order valence-corrected chi connectivity index (χ4v) is 3.31. The number of benzene rings is 1. The molecule has 1 aliphatic rings. The molecule has 0 aliphatic carbocycles. The van der Waals surface area contributed by atoms with Gasteiger partial charge in [0.2, 0.25) is 5.91 Å². The molecule has 1 aliphatic heterocycles. The number of carbonyl (C=O) groups excluding carboxylic acids is 1. The number of hydrogen-bond donors (Lipinski definition) is 0. The van der Waals surface area contributed by atoms with Crippen LogP contribution >= 0.6 is 0 Å². The second kappa shape index (κ2) is 8.69. The van der Waals surface area contributed by atoms with Crippen molar-refractivity contribution in [3.63, 3.8) is 0 Å². The van der Waals surface area contributed by atoms with Gasteiger partial charge in [0.1, 0.15) is 17.8 Å². The Kier molecular flexibility index (Phi) is 6.08. The summed E-state index contributed by atoms with van der Waals surface area (Å²) in [6.07, 6.45) is 1.65. The van der Waals surface area contributed by atoms with E-state index in [0.29, 0.717) is 39.2 Å². The fraction of sp³-hybridized carbons (Fsp3) is 0.400. The maximum absolute atomic E-state index is 12.6. The van der Waals surface area contributed by atoms with Crippen molar-refractivity contribution in [2.45, 2.75) is 20.3 Å². The Morgan fingerprint density at radius 1 is 1.21 bits per heavy atom. The van der Waals surface area contributed by atoms with Gasteiger partial charge < -0.3 is 14.5 Å². The van der Waals surface area contributed by atoms with Gasteiger partial charge in [-0.05, 0) is 37.1 Å². The van der Waals surface area contributed by atoms with Crippen molar-refractivity contribution in [2.24, 2.45) is 0 Å². The van der Waals surface area contributed by atoms with E-state index in [1.165, 1.54) is 12.3 Å². The van der Waals surface area contributed by atoms with E-state index >= 15 is 0 Å². The highest BCUT2D eigenvalue weighted by Crippen LogP contribution is 2.23. The van der Waals surface area contributed by atoms with Crippen molar-refractivity contribution in [1.29, 1.82) is 0 Å². The van der Waals surface area contributed by atoms with Crippen LogP contribution in [0.5, 0.6) is 5.75 Å². The average molecular weight is 384 g/mol. The number of hydrogen-bond acceptors (Lipinski definition) is 6. The fourth-order valence-electron chi connectivity index (χ4n) is 3.31. The van der Waals surface area contributed by atoms with Crippen molar-refractivity contribution in [3.8, 4) is 5.75 Å². The summed E-state index contributed by atoms with van der Waals surface area (Å²) in [4.78, 5) is 31.2. The van der Waals surface area contributed by atoms with Crippen molar-refractivity contribution in [2.75, 3.05) is 37.7 Å². The quantitative estimate of drug-likeness (QED) is 0.562. The normalized spacial score (nSPS) is 14.1. The molecule has 0 spiro atoms. The van der Waals surface area contributed by atoms with Crippen LogP contribution in [0.1, 0.15) is 18.1 Å². The van der Waals surface area contributed by atoms with E-state index in [9.17, 15) is 14.9 Å². The molecular weight excluding hydrogens is 360 g/mol. The third-order valence-electron chi connectivity index (χ3n) is 4.77. The first-order valence-corrected chi connectivity index (χ1v) is 9.33. The second-order valence-corrected chi connectivity index (χ2v) is 6.71. The highest BCUT2D eigenvalue weighted by atomic mass is 16.6. The van der Waals surface area contributed by atoms with Crippen LogP contribution in [0.25, 0.3) is 0 Å². The molecule has 1 fully saturated rings. The lowest BCUT2D eigenvalue weighted by molar-refractivity contribution is -0.385. The van der Waals surface area contributed by atoms with Gasteiger partial charge in [0, 0.05) is 32.2 Å². The lowest BCUT2D eigenvalue weighted by Crippen LogP contribution is -2.49. The SMILES string of the molecule is CCOc1ccc(CC(=O)N2CCN(c3ncc([N+](=O)[O-])cc3C)CC2)cc1. The zero-order valence-electron chi connectivity index (χ0n) is 16.1. The molecule has 2 heterocycles. The Morgan fingerprint density at radius 3 is 2.46 bits per heavy atom. The van der Waals surface area contributed by atoms with Gasteiger partial charge in [-0.25, -0.2) is 4.98 Å². The van der Waals surface area contributed by atoms with Crippen LogP contribution in [-0.2, 0) is 11.2 Å². The van der Waals surface area contributed by atoms with Crippen molar-refractivity contribution < 1.29 is 14.5 Å². The van der Waals surface area contributed by atoms with Crippen LogP contribution in [0.3, 0.4) is 0 Å². The lowest BCUT2D eigenvalue weighted by Gasteiger charge is -2.36. The Bertz CT molecular complexity index is 846. The number of pyridine rings is 1. The van der Waals surface area contributed by atoms with Crippen LogP contribution in [0, 0.1) is 17.0 Å². The number of nitro groups is 1. The molecule has 0 unspecified atom stereocenters. The number of carbonyl (C=O) groups is 1. The number of rotatable bonds is 6. The number of piperazine rings is 1. The largest absolute Gasteiger partial charge is 0.494 e. The number of aryl methyl sites for hydroxylation is 1. The first-order chi connectivity index (χ1) is 13.5. The van der Waals surface area contributed by atoms with E-state index in [1.54, 1.807) is 0 Å². The zero-order valence-corrected chi connectivity index (χ0v) is 16.1. The molecule has 28 heavy (non-hydrogen) atoms. The first kappa shape index (κ1) is 19.6. The Labute approximate surface area is 163 Å². The van der Waals surface area contributed by atoms with Crippen molar-refractivity contribution >= 4 is 17.4 Å². The zero-order chi connectivity index (χ0) is 20.1. The van der Waals surface area contributed by atoms with Crippen molar-refractivity contribution in [3.05, 3.63) is 57.8 Å². The monoisotopic (exact) mass is 384 g/mol. The summed E-state index contributed by atoms with van der Waals surface area (Å²) in [7, 11) is 0. The van der Waals surface area contributed by atoms with Crippen LogP contribution in [-0.4, -0.2) is 53.5 Å². The number of anilines is 1. The van der Waals surface area contributed by atoms with Gasteiger partial charge >= 0.3 is 0 Å². The smallest absolute Gasteiger partial charge is 0.287 e. The first-order valence-electron chi connectivity index (χ1n) is 9.33. The summed E-state index contributed by atoms with van der Waals surface area (Å²) in [5.74, 6) is 1.64. The Balaban J connectivity index is 1.56. The maximum atomic E-state index is 12.6. The molecular formula is C20H24N4O4. The minimum absolute atomic E-state index is 0.00887. The van der Waals surface area contributed by atoms with Crippen LogP contribution in [0.4, 0.5) is 11.5 Å². The predicted molar refractivity (Wildman–Crippen MR) is 106 cm³/mol. The lowest BCUT2D eigenvalue weighted by atomic mass is 10.1. The standard InChI is InChI=1S/C20H24N4O4/c1-3-28-18-6-4-16(5-7-18)13-19(25)22-8-10-23(11-9-22)20-15(2)12-17(14-21-20)24(26)27/h4-7,12,14H,3,8-11,13H2,1-2H3. The molecule has 0 bridgehead atoms. The summed E-state index contributed by atoms with van der Waals surface area (Å²) in [6.45, 7) is 6.89. The van der Waals surface area contributed by atoms with Gasteiger partial charge in [-0.3, -0.25) is 14.9 Å². The van der Waals surface area contributed by atoms with Gasteiger partial charge in [0.05, 0.1) is 18.0 Å².